The summed E-state index contributed by atoms with van der Waals surface area (Å²) in [5.74, 6) is -0.699. The number of aryl methyl sites for hydroxylation is 1. The third kappa shape index (κ3) is 8.54. The number of nitrogens with one attached hydrogen (secondary N) is 2. The largest absolute Gasteiger partial charge is 0.506 e. The molecule has 3 aromatic carbocycles. The number of rotatable bonds is 15. The Morgan fingerprint density at radius 3 is 2.59 bits per heavy atom. The quantitative estimate of drug-likeness (QED) is 0.0786. The number of aromatic hydroxyl groups is 1. The number of carbonyl (C=O) groups excluding carboxylic acids is 1. The summed E-state index contributed by atoms with van der Waals surface area (Å²) in [6.07, 6.45) is 4.44. The maximum atomic E-state index is 12.4. The van der Waals surface area contributed by atoms with E-state index in [1.165, 1.54) is 19.2 Å². The van der Waals surface area contributed by atoms with Gasteiger partial charge in [0.15, 0.2) is 6.61 Å². The topological polar surface area (TPSA) is 167 Å². The van der Waals surface area contributed by atoms with Crippen LogP contribution < -0.4 is 20.3 Å². The average molecular weight is 693 g/mol. The van der Waals surface area contributed by atoms with Crippen LogP contribution in [-0.2, 0) is 32.7 Å². The molecule has 260 valence electrons. The fraction of sp³-hybridized carbons (Fsp3) is 0.378. The van der Waals surface area contributed by atoms with E-state index in [-0.39, 0.29) is 53.9 Å². The number of benzene rings is 3. The molecular weight excluding hydrogens is 652 g/mol. The number of phenols is 1. The predicted octanol–water partition coefficient (Wildman–Crippen LogP) is 5.56. The number of aromatic amines is 1. The minimum atomic E-state index is -0.945. The molecule has 1 aliphatic carbocycles. The van der Waals surface area contributed by atoms with Gasteiger partial charge in [-0.1, -0.05) is 61.2 Å². The van der Waals surface area contributed by atoms with Gasteiger partial charge in [0, 0.05) is 36.2 Å². The molecule has 1 atom stereocenters. The number of hydrogen-bond acceptors (Lipinski definition) is 9. The van der Waals surface area contributed by atoms with E-state index in [1.54, 1.807) is 24.3 Å². The van der Waals surface area contributed by atoms with Crippen LogP contribution in [0.15, 0.2) is 65.5 Å². The van der Waals surface area contributed by atoms with Gasteiger partial charge in [-0.25, -0.2) is 4.79 Å². The summed E-state index contributed by atoms with van der Waals surface area (Å²) in [6.45, 7) is 0.269. The number of fused-ring (bicyclic) bond motifs is 1. The van der Waals surface area contributed by atoms with E-state index in [9.17, 15) is 29.7 Å². The van der Waals surface area contributed by atoms with Crippen molar-refractivity contribution in [1.29, 1.82) is 0 Å². The zero-order chi connectivity index (χ0) is 35.0. The van der Waals surface area contributed by atoms with Crippen LogP contribution in [0.3, 0.4) is 0 Å². The number of pyridine rings is 1. The van der Waals surface area contributed by atoms with Crippen molar-refractivity contribution in [2.24, 2.45) is 0 Å². The highest BCUT2D eigenvalue weighted by atomic mass is 35.5. The number of ether oxygens (including phenoxy) is 3. The van der Waals surface area contributed by atoms with E-state index in [1.807, 2.05) is 24.3 Å². The summed E-state index contributed by atoms with van der Waals surface area (Å²) in [5.41, 5.74) is 2.15. The predicted molar refractivity (Wildman–Crippen MR) is 185 cm³/mol. The Morgan fingerprint density at radius 1 is 1.04 bits per heavy atom. The summed E-state index contributed by atoms with van der Waals surface area (Å²) in [6, 6.07) is 16.9. The Balaban J connectivity index is 1.09. The highest BCUT2D eigenvalue weighted by Crippen LogP contribution is 2.40. The number of aliphatic hydroxyl groups excluding tert-OH is 1. The fourth-order valence-electron chi connectivity index (χ4n) is 6.46. The Kier molecular flexibility index (Phi) is 11.8. The van der Waals surface area contributed by atoms with Gasteiger partial charge in [0.1, 0.15) is 17.2 Å². The number of aromatic nitrogens is 1. The van der Waals surface area contributed by atoms with Gasteiger partial charge in [-0.2, -0.15) is 0 Å². The summed E-state index contributed by atoms with van der Waals surface area (Å²) < 4.78 is 16.5. The lowest BCUT2D eigenvalue weighted by atomic mass is 9.69. The second kappa shape index (κ2) is 16.2. The molecule has 1 aromatic heterocycles. The van der Waals surface area contributed by atoms with Gasteiger partial charge >= 0.3 is 11.9 Å². The maximum Gasteiger partial charge on any atom is 0.344 e. The van der Waals surface area contributed by atoms with Crippen molar-refractivity contribution in [3.8, 4) is 17.2 Å². The van der Waals surface area contributed by atoms with Crippen LogP contribution in [0.5, 0.6) is 17.2 Å². The number of carboxylic acid groups (broad SMARTS) is 1. The zero-order valence-corrected chi connectivity index (χ0v) is 28.1. The number of H-pyrrole nitrogens is 1. The number of hydrogen-bond donors (Lipinski definition) is 5. The average Bonchev–Trinajstić information content (AvgIpc) is 3.10. The van der Waals surface area contributed by atoms with Gasteiger partial charge in [-0.15, -0.1) is 0 Å². The number of esters is 1. The molecule has 12 heteroatoms. The van der Waals surface area contributed by atoms with Crippen molar-refractivity contribution in [3.63, 3.8) is 0 Å². The molecule has 49 heavy (non-hydrogen) atoms. The third-order valence-corrected chi connectivity index (χ3v) is 9.36. The second-order valence-electron chi connectivity index (χ2n) is 12.3. The van der Waals surface area contributed by atoms with Crippen LogP contribution in [0, 0.1) is 0 Å². The van der Waals surface area contributed by atoms with Gasteiger partial charge in [0.25, 0.3) is 0 Å². The van der Waals surface area contributed by atoms with Gasteiger partial charge < -0.3 is 39.8 Å². The monoisotopic (exact) mass is 692 g/mol. The van der Waals surface area contributed by atoms with Crippen molar-refractivity contribution in [1.82, 2.24) is 10.3 Å². The number of methoxy groups -OCH3 is 1. The van der Waals surface area contributed by atoms with E-state index >= 15 is 0 Å². The van der Waals surface area contributed by atoms with Crippen molar-refractivity contribution in [2.75, 3.05) is 26.9 Å². The molecular formula is C37H41ClN2O9. The SMILES string of the molecule is COc1cc(OCC(=O)OCCCc2cccc(C3(C(=O)O)CCCCC3)c2)c(Cl)cc1CNC[C@H](O)c1ccc(O)c2[nH]c(=O)ccc12. The maximum absolute atomic E-state index is 12.4. The van der Waals surface area contributed by atoms with Gasteiger partial charge in [-0.05, 0) is 60.6 Å². The van der Waals surface area contributed by atoms with E-state index in [2.05, 4.69) is 10.3 Å². The van der Waals surface area contributed by atoms with Crippen molar-refractivity contribution in [3.05, 3.63) is 98.3 Å². The molecule has 0 aliphatic heterocycles. The Morgan fingerprint density at radius 2 is 1.84 bits per heavy atom. The first kappa shape index (κ1) is 35.7. The van der Waals surface area contributed by atoms with Crippen molar-refractivity contribution >= 4 is 34.4 Å². The molecule has 5 N–H and O–H groups in total. The second-order valence-corrected chi connectivity index (χ2v) is 12.7. The smallest absolute Gasteiger partial charge is 0.344 e. The van der Waals surface area contributed by atoms with E-state index in [0.29, 0.717) is 47.9 Å². The normalized spacial score (nSPS) is 14.7. The fourth-order valence-corrected chi connectivity index (χ4v) is 6.71. The molecule has 5 rings (SSSR count). The minimum Gasteiger partial charge on any atom is -0.506 e. The Bertz CT molecular complexity index is 1850. The first-order chi connectivity index (χ1) is 23.6. The summed E-state index contributed by atoms with van der Waals surface area (Å²) in [7, 11) is 1.50. The summed E-state index contributed by atoms with van der Waals surface area (Å²) in [4.78, 5) is 38.9. The molecule has 0 saturated heterocycles. The van der Waals surface area contributed by atoms with Gasteiger partial charge in [0.2, 0.25) is 5.56 Å². The molecule has 0 radical (unpaired) electrons. The number of aliphatic carboxylic acids is 1. The molecule has 1 fully saturated rings. The molecule has 0 unspecified atom stereocenters. The van der Waals surface area contributed by atoms with Crippen LogP contribution >= 0.6 is 11.6 Å². The van der Waals surface area contributed by atoms with E-state index < -0.39 is 23.5 Å². The molecule has 0 amide bonds. The number of carboxylic acids is 1. The molecule has 11 nitrogen and oxygen atoms in total. The molecule has 0 spiro atoms. The highest BCUT2D eigenvalue weighted by Gasteiger charge is 2.41. The minimum absolute atomic E-state index is 0.0871. The Hall–Kier alpha value is -4.58. The number of halogens is 1. The lowest BCUT2D eigenvalue weighted by molar-refractivity contribution is -0.146. The molecule has 4 aromatic rings. The highest BCUT2D eigenvalue weighted by molar-refractivity contribution is 6.32. The number of carbonyl (C=O) groups is 2. The molecule has 0 bridgehead atoms. The first-order valence-corrected chi connectivity index (χ1v) is 16.7. The van der Waals surface area contributed by atoms with Crippen molar-refractivity contribution < 1.29 is 39.1 Å². The number of phenolic OH excluding ortho intramolecular Hbond substituents is 1. The zero-order valence-electron chi connectivity index (χ0n) is 27.3. The molecule has 1 heterocycles. The molecule has 1 aliphatic rings. The van der Waals surface area contributed by atoms with Crippen LogP contribution in [0.4, 0.5) is 0 Å². The lowest BCUT2D eigenvalue weighted by Gasteiger charge is -2.34. The summed E-state index contributed by atoms with van der Waals surface area (Å²) >= 11 is 6.47. The van der Waals surface area contributed by atoms with Crippen LogP contribution in [0.2, 0.25) is 5.02 Å². The van der Waals surface area contributed by atoms with Crippen molar-refractivity contribution in [2.45, 2.75) is 63.0 Å². The Labute approximate surface area is 288 Å². The number of aliphatic hydroxyl groups is 1. The first-order valence-electron chi connectivity index (χ1n) is 16.3. The summed E-state index contributed by atoms with van der Waals surface area (Å²) in [5, 5.41) is 34.9. The lowest BCUT2D eigenvalue weighted by Crippen LogP contribution is -2.37. The van der Waals surface area contributed by atoms with Gasteiger partial charge in [-0.3, -0.25) is 9.59 Å². The third-order valence-electron chi connectivity index (χ3n) is 9.07. The van der Waals surface area contributed by atoms with E-state index in [4.69, 9.17) is 25.8 Å². The van der Waals surface area contributed by atoms with Crippen LogP contribution in [-0.4, -0.2) is 59.1 Å². The van der Waals surface area contributed by atoms with Crippen LogP contribution in [0.25, 0.3) is 10.9 Å². The standard InChI is InChI=1S/C37H41ClN2O9/c1-47-31-19-32(28(38)18-24(31)20-39-21-30(42)26-10-12-29(41)35-27(26)11-13-33(43)40-35)49-22-34(44)48-16-6-8-23-7-5-9-25(17-23)37(36(45)46)14-3-2-4-15-37/h5,7,9-13,17-19,30,39,41-42H,2-4,6,8,14-16,20-22H2,1H3,(H,40,43)(H,45,46)/t30-/m0/s1. The van der Waals surface area contributed by atoms with E-state index in [0.717, 1.165) is 30.4 Å². The van der Waals surface area contributed by atoms with Crippen LogP contribution in [0.1, 0.15) is 66.9 Å². The van der Waals surface area contributed by atoms with Gasteiger partial charge in [0.05, 0.1) is 35.8 Å². The molecule has 1 saturated carbocycles.